The SMILES string of the molecule is CCCn1c(SCC(=O)N[C@@]2(C)CCS(=O)(=O)C2)nc2ccc(C(F)(F)F)cc21. The Morgan fingerprint density at radius 1 is 1.38 bits per heavy atom. The molecule has 1 atom stereocenters. The van der Waals surface area contributed by atoms with Crippen LogP contribution in [0.5, 0.6) is 0 Å². The van der Waals surface area contributed by atoms with Crippen LogP contribution < -0.4 is 5.32 Å². The van der Waals surface area contributed by atoms with E-state index in [0.29, 0.717) is 35.6 Å². The summed E-state index contributed by atoms with van der Waals surface area (Å²) in [6, 6.07) is 3.40. The molecule has 1 aromatic carbocycles. The van der Waals surface area contributed by atoms with Crippen molar-refractivity contribution in [3.63, 3.8) is 0 Å². The summed E-state index contributed by atoms with van der Waals surface area (Å²) in [7, 11) is -3.14. The fourth-order valence-electron chi connectivity index (χ4n) is 3.44. The van der Waals surface area contributed by atoms with Gasteiger partial charge in [-0.05, 0) is 38.0 Å². The molecule has 0 radical (unpaired) electrons. The number of thioether (sulfide) groups is 1. The van der Waals surface area contributed by atoms with Gasteiger partial charge in [-0.25, -0.2) is 13.4 Å². The van der Waals surface area contributed by atoms with E-state index in [1.54, 1.807) is 11.5 Å². The van der Waals surface area contributed by atoms with Crippen LogP contribution in [0.15, 0.2) is 23.4 Å². The van der Waals surface area contributed by atoms with Crippen LogP contribution in [0.2, 0.25) is 0 Å². The molecule has 1 aromatic heterocycles. The van der Waals surface area contributed by atoms with Crippen LogP contribution in [0.25, 0.3) is 11.0 Å². The number of nitrogens with zero attached hydrogens (tertiary/aromatic N) is 2. The topological polar surface area (TPSA) is 81.1 Å². The van der Waals surface area contributed by atoms with Crippen molar-refractivity contribution in [2.45, 2.75) is 50.1 Å². The van der Waals surface area contributed by atoms with Gasteiger partial charge in [0.05, 0.1) is 39.4 Å². The summed E-state index contributed by atoms with van der Waals surface area (Å²) in [5, 5.41) is 3.23. The summed E-state index contributed by atoms with van der Waals surface area (Å²) in [5.41, 5.74) is -0.727. The van der Waals surface area contributed by atoms with Crippen molar-refractivity contribution in [1.29, 1.82) is 0 Å². The minimum Gasteiger partial charge on any atom is -0.349 e. The molecule has 29 heavy (non-hydrogen) atoms. The van der Waals surface area contributed by atoms with Gasteiger partial charge < -0.3 is 9.88 Å². The lowest BCUT2D eigenvalue weighted by atomic mass is 10.0. The fourth-order valence-corrected chi connectivity index (χ4v) is 6.37. The maximum atomic E-state index is 13.0. The van der Waals surface area contributed by atoms with E-state index in [9.17, 15) is 26.4 Å². The van der Waals surface area contributed by atoms with Crippen LogP contribution >= 0.6 is 11.8 Å². The maximum absolute atomic E-state index is 13.0. The lowest BCUT2D eigenvalue weighted by Gasteiger charge is -2.23. The molecule has 1 aliphatic heterocycles. The van der Waals surface area contributed by atoms with E-state index in [2.05, 4.69) is 10.3 Å². The van der Waals surface area contributed by atoms with E-state index in [4.69, 9.17) is 0 Å². The van der Waals surface area contributed by atoms with Crippen molar-refractivity contribution in [1.82, 2.24) is 14.9 Å². The molecule has 0 bridgehead atoms. The molecule has 1 amide bonds. The highest BCUT2D eigenvalue weighted by Gasteiger charge is 2.39. The third-order valence-corrected chi connectivity index (χ3v) is 7.64. The van der Waals surface area contributed by atoms with Crippen LogP contribution in [0.3, 0.4) is 0 Å². The second kappa shape index (κ2) is 7.82. The first-order chi connectivity index (χ1) is 13.4. The second-order valence-electron chi connectivity index (χ2n) is 7.49. The first-order valence-corrected chi connectivity index (χ1v) is 11.9. The first kappa shape index (κ1) is 21.9. The van der Waals surface area contributed by atoms with Gasteiger partial charge in [-0.2, -0.15) is 13.2 Å². The van der Waals surface area contributed by atoms with E-state index in [1.807, 2.05) is 6.92 Å². The largest absolute Gasteiger partial charge is 0.416 e. The molecule has 11 heteroatoms. The molecule has 0 spiro atoms. The Bertz CT molecular complexity index is 1030. The molecular weight excluding hydrogens is 427 g/mol. The Labute approximate surface area is 171 Å². The van der Waals surface area contributed by atoms with Gasteiger partial charge in [0.1, 0.15) is 0 Å². The summed E-state index contributed by atoms with van der Waals surface area (Å²) in [6.07, 6.45) is -3.39. The van der Waals surface area contributed by atoms with E-state index in [-0.39, 0.29) is 23.2 Å². The Balaban J connectivity index is 1.77. The van der Waals surface area contributed by atoms with Crippen LogP contribution in [-0.2, 0) is 27.4 Å². The number of fused-ring (bicyclic) bond motifs is 1. The number of aryl methyl sites for hydroxylation is 1. The van der Waals surface area contributed by atoms with Crippen molar-refractivity contribution in [2.24, 2.45) is 0 Å². The van der Waals surface area contributed by atoms with Gasteiger partial charge >= 0.3 is 6.18 Å². The molecular formula is C18H22F3N3O3S2. The molecule has 160 valence electrons. The number of benzene rings is 1. The van der Waals surface area contributed by atoms with E-state index < -0.39 is 27.1 Å². The number of nitrogens with one attached hydrogen (secondary N) is 1. The van der Waals surface area contributed by atoms with Crippen LogP contribution in [0, 0.1) is 0 Å². The Morgan fingerprint density at radius 3 is 2.69 bits per heavy atom. The molecule has 1 fully saturated rings. The summed E-state index contributed by atoms with van der Waals surface area (Å²) in [5.74, 6) is -0.384. The molecule has 6 nitrogen and oxygen atoms in total. The third-order valence-electron chi connectivity index (χ3n) is 4.76. The predicted molar refractivity (Wildman–Crippen MR) is 106 cm³/mol. The highest BCUT2D eigenvalue weighted by molar-refractivity contribution is 7.99. The maximum Gasteiger partial charge on any atom is 0.416 e. The number of rotatable bonds is 6. The highest BCUT2D eigenvalue weighted by Crippen LogP contribution is 2.33. The van der Waals surface area contributed by atoms with E-state index in [0.717, 1.165) is 23.9 Å². The number of imidazole rings is 1. The fraction of sp³-hybridized carbons (Fsp3) is 0.556. The zero-order chi connectivity index (χ0) is 21.4. The number of alkyl halides is 3. The molecule has 2 heterocycles. The molecule has 0 unspecified atom stereocenters. The molecule has 0 saturated carbocycles. The average Bonchev–Trinajstić information content (AvgIpc) is 3.08. The zero-order valence-electron chi connectivity index (χ0n) is 16.0. The summed E-state index contributed by atoms with van der Waals surface area (Å²) in [6.45, 7) is 4.07. The number of aromatic nitrogens is 2. The second-order valence-corrected chi connectivity index (χ2v) is 10.6. The Hall–Kier alpha value is -1.75. The zero-order valence-corrected chi connectivity index (χ0v) is 17.7. The number of sulfone groups is 1. The predicted octanol–water partition coefficient (Wildman–Crippen LogP) is 3.25. The van der Waals surface area contributed by atoms with Gasteiger partial charge in [-0.15, -0.1) is 0 Å². The van der Waals surface area contributed by atoms with Gasteiger partial charge in [0.15, 0.2) is 15.0 Å². The van der Waals surface area contributed by atoms with Crippen molar-refractivity contribution < 1.29 is 26.4 Å². The van der Waals surface area contributed by atoms with Gasteiger partial charge in [0.25, 0.3) is 0 Å². The van der Waals surface area contributed by atoms with Crippen LogP contribution in [0.1, 0.15) is 32.3 Å². The minimum atomic E-state index is -4.44. The Morgan fingerprint density at radius 2 is 2.10 bits per heavy atom. The Kier molecular flexibility index (Phi) is 5.92. The first-order valence-electron chi connectivity index (χ1n) is 9.14. The van der Waals surface area contributed by atoms with Gasteiger partial charge in [-0.3, -0.25) is 4.79 Å². The lowest BCUT2D eigenvalue weighted by Crippen LogP contribution is -2.47. The molecule has 2 aromatic rings. The number of carbonyl (C=O) groups excluding carboxylic acids is 1. The number of hydrogen-bond acceptors (Lipinski definition) is 5. The molecule has 1 saturated heterocycles. The lowest BCUT2D eigenvalue weighted by molar-refractivity contribution is -0.137. The van der Waals surface area contributed by atoms with Crippen LogP contribution in [0.4, 0.5) is 13.2 Å². The summed E-state index contributed by atoms with van der Waals surface area (Å²) in [4.78, 5) is 16.7. The van der Waals surface area contributed by atoms with Gasteiger partial charge in [0.2, 0.25) is 5.91 Å². The quantitative estimate of drug-likeness (QED) is 0.685. The monoisotopic (exact) mass is 449 g/mol. The number of amides is 1. The number of halogens is 3. The minimum absolute atomic E-state index is 0.00516. The molecule has 0 aliphatic carbocycles. The van der Waals surface area contributed by atoms with Gasteiger partial charge in [-0.1, -0.05) is 18.7 Å². The van der Waals surface area contributed by atoms with Crippen molar-refractivity contribution >= 4 is 38.5 Å². The standard InChI is InChI=1S/C18H22F3N3O3S2/c1-3-7-24-14-9-12(18(19,20)21)4-5-13(14)22-16(24)28-10-15(25)23-17(2)6-8-29(26,27)11-17/h4-5,9H,3,6-8,10-11H2,1-2H3,(H,23,25)/t17-/m0/s1. The van der Waals surface area contributed by atoms with E-state index >= 15 is 0 Å². The number of hydrogen-bond donors (Lipinski definition) is 1. The average molecular weight is 450 g/mol. The molecule has 1 aliphatic rings. The van der Waals surface area contributed by atoms with Crippen LogP contribution in [-0.4, -0.2) is 46.7 Å². The summed E-state index contributed by atoms with van der Waals surface area (Å²) >= 11 is 1.13. The molecule has 1 N–H and O–H groups in total. The summed E-state index contributed by atoms with van der Waals surface area (Å²) < 4.78 is 64.2. The number of carbonyl (C=O) groups is 1. The third kappa shape index (κ3) is 5.06. The van der Waals surface area contributed by atoms with Crippen molar-refractivity contribution in [3.05, 3.63) is 23.8 Å². The normalized spacial score (nSPS) is 21.6. The molecule has 3 rings (SSSR count). The van der Waals surface area contributed by atoms with Crippen molar-refractivity contribution in [3.8, 4) is 0 Å². The van der Waals surface area contributed by atoms with Crippen molar-refractivity contribution in [2.75, 3.05) is 17.3 Å². The van der Waals surface area contributed by atoms with Gasteiger partial charge in [0, 0.05) is 6.54 Å². The smallest absolute Gasteiger partial charge is 0.349 e. The van der Waals surface area contributed by atoms with E-state index in [1.165, 1.54) is 6.07 Å². The highest BCUT2D eigenvalue weighted by atomic mass is 32.2.